The molecule has 2 N–H and O–H groups in total. The number of ether oxygens (including phenoxy) is 1. The monoisotopic (exact) mass is 320 g/mol. The Morgan fingerprint density at radius 3 is 2.74 bits per heavy atom. The Balaban J connectivity index is 1.88. The van der Waals surface area contributed by atoms with Gasteiger partial charge in [-0.05, 0) is 44.4 Å². The van der Waals surface area contributed by atoms with Gasteiger partial charge in [0.1, 0.15) is 0 Å². The molecule has 1 unspecified atom stereocenters. The number of rotatable bonds is 7. The van der Waals surface area contributed by atoms with Crippen molar-refractivity contribution in [1.29, 1.82) is 0 Å². The normalized spacial score (nSPS) is 19.0. The Labute approximate surface area is 138 Å². The quantitative estimate of drug-likeness (QED) is 0.802. The molecule has 5 heteroatoms. The summed E-state index contributed by atoms with van der Waals surface area (Å²) in [6.07, 6.45) is 1.96. The van der Waals surface area contributed by atoms with Crippen LogP contribution < -0.4 is 5.32 Å². The summed E-state index contributed by atoms with van der Waals surface area (Å²) in [4.78, 5) is 14.3. The summed E-state index contributed by atoms with van der Waals surface area (Å²) in [7, 11) is 1.67. The van der Waals surface area contributed by atoms with Crippen LogP contribution in [0.15, 0.2) is 24.3 Å². The number of aliphatic hydroxyl groups is 1. The van der Waals surface area contributed by atoms with E-state index in [1.54, 1.807) is 7.11 Å². The van der Waals surface area contributed by atoms with Crippen molar-refractivity contribution in [3.8, 4) is 0 Å². The molecule has 23 heavy (non-hydrogen) atoms. The fraction of sp³-hybridized carbons (Fsp3) is 0.611. The minimum Gasteiger partial charge on any atom is -0.389 e. The second-order valence-electron chi connectivity index (χ2n) is 6.76. The predicted octanol–water partition coefficient (Wildman–Crippen LogP) is 1.68. The number of methoxy groups -OCH3 is 1. The molecule has 1 fully saturated rings. The number of nitrogens with one attached hydrogen (secondary N) is 1. The predicted molar refractivity (Wildman–Crippen MR) is 89.9 cm³/mol. The summed E-state index contributed by atoms with van der Waals surface area (Å²) in [5, 5.41) is 13.2. The van der Waals surface area contributed by atoms with Gasteiger partial charge < -0.3 is 15.2 Å². The molecule has 0 saturated carbocycles. The molecule has 1 atom stereocenters. The van der Waals surface area contributed by atoms with Crippen molar-refractivity contribution in [1.82, 2.24) is 10.2 Å². The summed E-state index contributed by atoms with van der Waals surface area (Å²) in [5.74, 6) is -0.00614. The van der Waals surface area contributed by atoms with Crippen molar-refractivity contribution >= 4 is 5.91 Å². The molecule has 0 spiro atoms. The molecule has 1 amide bonds. The molecule has 0 bridgehead atoms. The van der Waals surface area contributed by atoms with Gasteiger partial charge in [0.25, 0.3) is 0 Å². The van der Waals surface area contributed by atoms with Crippen LogP contribution in [-0.2, 0) is 22.7 Å². The highest BCUT2D eigenvalue weighted by Crippen LogP contribution is 2.26. The van der Waals surface area contributed by atoms with E-state index < -0.39 is 5.60 Å². The first kappa shape index (κ1) is 17.9. The Morgan fingerprint density at radius 1 is 1.39 bits per heavy atom. The second kappa shape index (κ2) is 7.90. The lowest BCUT2D eigenvalue weighted by molar-refractivity contribution is -0.123. The van der Waals surface area contributed by atoms with Gasteiger partial charge in [0, 0.05) is 19.7 Å². The maximum Gasteiger partial charge on any atom is 0.234 e. The molecule has 1 aliphatic heterocycles. The van der Waals surface area contributed by atoms with E-state index in [4.69, 9.17) is 4.74 Å². The summed E-state index contributed by atoms with van der Waals surface area (Å²) in [6, 6.07) is 8.00. The zero-order valence-electron chi connectivity index (χ0n) is 14.3. The summed E-state index contributed by atoms with van der Waals surface area (Å²) < 4.78 is 5.19. The average Bonchev–Trinajstić information content (AvgIpc) is 2.95. The molecular formula is C18H28N2O3. The topological polar surface area (TPSA) is 61.8 Å². The largest absolute Gasteiger partial charge is 0.389 e. The van der Waals surface area contributed by atoms with Gasteiger partial charge in [0.15, 0.2) is 0 Å². The van der Waals surface area contributed by atoms with Gasteiger partial charge in [-0.2, -0.15) is 0 Å². The van der Waals surface area contributed by atoms with E-state index in [-0.39, 0.29) is 11.9 Å². The van der Waals surface area contributed by atoms with Crippen molar-refractivity contribution in [2.24, 2.45) is 0 Å². The first-order chi connectivity index (χ1) is 10.9. The van der Waals surface area contributed by atoms with Gasteiger partial charge in [0.2, 0.25) is 5.91 Å². The third-order valence-electron chi connectivity index (χ3n) is 4.42. The van der Waals surface area contributed by atoms with Crippen LogP contribution in [0.4, 0.5) is 0 Å². The molecule has 0 aliphatic carbocycles. The highest BCUT2D eigenvalue weighted by atomic mass is 16.5. The smallest absolute Gasteiger partial charge is 0.234 e. The molecular weight excluding hydrogens is 292 g/mol. The van der Waals surface area contributed by atoms with Gasteiger partial charge >= 0.3 is 0 Å². The van der Waals surface area contributed by atoms with E-state index in [0.29, 0.717) is 19.7 Å². The Hall–Kier alpha value is -1.43. The SMILES string of the molecule is COCc1ccccc1CNC(=O)CN1CCCC1C(C)(C)O. The average molecular weight is 320 g/mol. The van der Waals surface area contributed by atoms with Crippen molar-refractivity contribution in [3.05, 3.63) is 35.4 Å². The van der Waals surface area contributed by atoms with Gasteiger partial charge in [-0.15, -0.1) is 0 Å². The number of likely N-dealkylation sites (tertiary alicyclic amines) is 1. The molecule has 1 aromatic rings. The lowest BCUT2D eigenvalue weighted by Crippen LogP contribution is -2.49. The summed E-state index contributed by atoms with van der Waals surface area (Å²) in [6.45, 7) is 5.87. The summed E-state index contributed by atoms with van der Waals surface area (Å²) in [5.41, 5.74) is 1.39. The van der Waals surface area contributed by atoms with E-state index in [1.165, 1.54) is 0 Å². The lowest BCUT2D eigenvalue weighted by Gasteiger charge is -2.33. The van der Waals surface area contributed by atoms with E-state index in [1.807, 2.05) is 38.1 Å². The number of nitrogens with zero attached hydrogens (tertiary/aromatic N) is 1. The molecule has 1 saturated heterocycles. The second-order valence-corrected chi connectivity index (χ2v) is 6.76. The molecule has 128 valence electrons. The van der Waals surface area contributed by atoms with Crippen LogP contribution in [0.1, 0.15) is 37.8 Å². The van der Waals surface area contributed by atoms with Gasteiger partial charge in [0.05, 0.1) is 18.8 Å². The fourth-order valence-corrected chi connectivity index (χ4v) is 3.28. The van der Waals surface area contributed by atoms with E-state index in [2.05, 4.69) is 10.2 Å². The maximum atomic E-state index is 12.2. The lowest BCUT2D eigenvalue weighted by atomic mass is 9.97. The summed E-state index contributed by atoms with van der Waals surface area (Å²) >= 11 is 0. The molecule has 2 rings (SSSR count). The minimum atomic E-state index is -0.776. The molecule has 0 radical (unpaired) electrons. The zero-order valence-corrected chi connectivity index (χ0v) is 14.3. The Bertz CT molecular complexity index is 525. The minimum absolute atomic E-state index is 0.00614. The fourth-order valence-electron chi connectivity index (χ4n) is 3.28. The third-order valence-corrected chi connectivity index (χ3v) is 4.42. The first-order valence-electron chi connectivity index (χ1n) is 8.20. The van der Waals surface area contributed by atoms with Crippen LogP contribution in [0.3, 0.4) is 0 Å². The van der Waals surface area contributed by atoms with Crippen LogP contribution in [0.25, 0.3) is 0 Å². The van der Waals surface area contributed by atoms with Crippen LogP contribution >= 0.6 is 0 Å². The Morgan fingerprint density at radius 2 is 2.09 bits per heavy atom. The third kappa shape index (κ3) is 5.03. The highest BCUT2D eigenvalue weighted by molar-refractivity contribution is 5.78. The molecule has 0 aromatic heterocycles. The van der Waals surface area contributed by atoms with Crippen molar-refractivity contribution < 1.29 is 14.6 Å². The van der Waals surface area contributed by atoms with E-state index in [0.717, 1.165) is 30.5 Å². The number of hydrogen-bond acceptors (Lipinski definition) is 4. The van der Waals surface area contributed by atoms with Crippen LogP contribution in [0, 0.1) is 0 Å². The molecule has 5 nitrogen and oxygen atoms in total. The van der Waals surface area contributed by atoms with Crippen molar-refractivity contribution in [2.75, 3.05) is 20.2 Å². The van der Waals surface area contributed by atoms with Gasteiger partial charge in [-0.25, -0.2) is 0 Å². The first-order valence-corrected chi connectivity index (χ1v) is 8.20. The van der Waals surface area contributed by atoms with Crippen LogP contribution in [0.5, 0.6) is 0 Å². The highest BCUT2D eigenvalue weighted by Gasteiger charge is 2.36. The van der Waals surface area contributed by atoms with Crippen LogP contribution in [0.2, 0.25) is 0 Å². The number of hydrogen-bond donors (Lipinski definition) is 2. The maximum absolute atomic E-state index is 12.2. The Kier molecular flexibility index (Phi) is 6.16. The van der Waals surface area contributed by atoms with E-state index >= 15 is 0 Å². The molecule has 1 aromatic carbocycles. The van der Waals surface area contributed by atoms with Gasteiger partial charge in [-0.3, -0.25) is 9.69 Å². The van der Waals surface area contributed by atoms with Crippen molar-refractivity contribution in [3.63, 3.8) is 0 Å². The van der Waals surface area contributed by atoms with Crippen LogP contribution in [-0.4, -0.2) is 47.8 Å². The number of carbonyl (C=O) groups is 1. The molecule has 1 heterocycles. The zero-order chi connectivity index (χ0) is 16.9. The number of amides is 1. The molecule has 1 aliphatic rings. The number of benzene rings is 1. The number of carbonyl (C=O) groups excluding carboxylic acids is 1. The standard InChI is InChI=1S/C18H28N2O3/c1-18(2,22)16-9-6-10-20(16)12-17(21)19-11-14-7-4-5-8-15(14)13-23-3/h4-5,7-8,16,22H,6,9-13H2,1-3H3,(H,19,21). The van der Waals surface area contributed by atoms with Gasteiger partial charge in [-0.1, -0.05) is 24.3 Å². The van der Waals surface area contributed by atoms with E-state index in [9.17, 15) is 9.90 Å². The van der Waals surface area contributed by atoms with Crippen molar-refractivity contribution in [2.45, 2.75) is 51.5 Å².